The Morgan fingerprint density at radius 3 is 2.36 bits per heavy atom. The first kappa shape index (κ1) is 21.9. The van der Waals surface area contributed by atoms with Crippen LogP contribution in [0, 0.1) is 5.41 Å². The van der Waals surface area contributed by atoms with Gasteiger partial charge >= 0.3 is 0 Å². The number of methoxy groups -OCH3 is 1. The molecule has 5 heteroatoms. The molecule has 142 valence electrons. The van der Waals surface area contributed by atoms with Crippen LogP contribution >= 0.6 is 12.4 Å². The smallest absolute Gasteiger partial charge is 0.228 e. The molecule has 0 radical (unpaired) electrons. The second-order valence-corrected chi connectivity index (χ2v) is 7.58. The summed E-state index contributed by atoms with van der Waals surface area (Å²) >= 11 is 0. The van der Waals surface area contributed by atoms with Crippen LogP contribution in [0.3, 0.4) is 0 Å². The first-order valence-corrected chi connectivity index (χ1v) is 9.01. The van der Waals surface area contributed by atoms with Gasteiger partial charge in [0.15, 0.2) is 0 Å². The van der Waals surface area contributed by atoms with E-state index in [1.165, 1.54) is 11.1 Å². The number of piperidine rings is 1. The van der Waals surface area contributed by atoms with Crippen molar-refractivity contribution in [2.75, 3.05) is 33.4 Å². The zero-order chi connectivity index (χ0) is 17.6. The molecule has 2 rings (SSSR count). The molecule has 0 spiro atoms. The molecule has 25 heavy (non-hydrogen) atoms. The van der Waals surface area contributed by atoms with Crippen molar-refractivity contribution >= 4 is 18.3 Å². The highest BCUT2D eigenvalue weighted by Gasteiger charge is 2.40. The number of amides is 1. The Morgan fingerprint density at radius 1 is 1.24 bits per heavy atom. The first-order chi connectivity index (χ1) is 11.4. The molecule has 0 aliphatic carbocycles. The van der Waals surface area contributed by atoms with Gasteiger partial charge in [-0.3, -0.25) is 4.79 Å². The molecule has 1 saturated heterocycles. The Kier molecular flexibility index (Phi) is 8.39. The van der Waals surface area contributed by atoms with Gasteiger partial charge in [-0.15, -0.1) is 12.4 Å². The lowest BCUT2D eigenvalue weighted by Crippen LogP contribution is -2.52. The van der Waals surface area contributed by atoms with Gasteiger partial charge in [0.2, 0.25) is 5.91 Å². The van der Waals surface area contributed by atoms with Crippen molar-refractivity contribution in [2.45, 2.75) is 45.4 Å². The number of ether oxygens (including phenoxy) is 1. The number of carbonyl (C=O) groups excluding carboxylic acids is 1. The molecule has 1 aliphatic rings. The fraction of sp³-hybridized carbons (Fsp3) is 0.650. The highest BCUT2D eigenvalue weighted by Crippen LogP contribution is 2.30. The van der Waals surface area contributed by atoms with Crippen molar-refractivity contribution in [3.63, 3.8) is 0 Å². The van der Waals surface area contributed by atoms with Crippen LogP contribution in [0.25, 0.3) is 0 Å². The summed E-state index contributed by atoms with van der Waals surface area (Å²) in [5.41, 5.74) is 2.11. The van der Waals surface area contributed by atoms with Gasteiger partial charge in [0.25, 0.3) is 0 Å². The Hall–Kier alpha value is -1.10. The molecule has 0 aromatic heterocycles. The molecule has 0 bridgehead atoms. The molecule has 1 heterocycles. The SMILES string of the molecule is CCc1ccc(C(C)(C)CNC(=O)C2(COC)CCNCC2)cc1.Cl. The number of halogens is 1. The third-order valence-electron chi connectivity index (χ3n) is 5.30. The third kappa shape index (κ3) is 5.44. The molecular weight excluding hydrogens is 336 g/mol. The van der Waals surface area contributed by atoms with Gasteiger partial charge in [0.1, 0.15) is 0 Å². The van der Waals surface area contributed by atoms with Crippen LogP contribution in [0.2, 0.25) is 0 Å². The van der Waals surface area contributed by atoms with E-state index in [-0.39, 0.29) is 29.1 Å². The maximum absolute atomic E-state index is 12.9. The van der Waals surface area contributed by atoms with Crippen LogP contribution in [0.15, 0.2) is 24.3 Å². The zero-order valence-corrected chi connectivity index (χ0v) is 16.8. The van der Waals surface area contributed by atoms with E-state index >= 15 is 0 Å². The van der Waals surface area contributed by atoms with Crippen LogP contribution in [0.5, 0.6) is 0 Å². The topological polar surface area (TPSA) is 50.4 Å². The summed E-state index contributed by atoms with van der Waals surface area (Å²) in [6.07, 6.45) is 2.71. The summed E-state index contributed by atoms with van der Waals surface area (Å²) in [5.74, 6) is 0.129. The lowest BCUT2D eigenvalue weighted by molar-refractivity contribution is -0.136. The number of hydrogen-bond donors (Lipinski definition) is 2. The highest BCUT2D eigenvalue weighted by molar-refractivity contribution is 5.85. The largest absolute Gasteiger partial charge is 0.384 e. The maximum Gasteiger partial charge on any atom is 0.228 e. The molecule has 1 aromatic rings. The van der Waals surface area contributed by atoms with Crippen molar-refractivity contribution < 1.29 is 9.53 Å². The molecule has 0 atom stereocenters. The predicted molar refractivity (Wildman–Crippen MR) is 106 cm³/mol. The van der Waals surface area contributed by atoms with Gasteiger partial charge in [-0.1, -0.05) is 45.0 Å². The average molecular weight is 369 g/mol. The number of benzene rings is 1. The summed E-state index contributed by atoms with van der Waals surface area (Å²) < 4.78 is 5.36. The maximum atomic E-state index is 12.9. The molecule has 1 aliphatic heterocycles. The monoisotopic (exact) mass is 368 g/mol. The van der Waals surface area contributed by atoms with Crippen molar-refractivity contribution in [3.8, 4) is 0 Å². The lowest BCUT2D eigenvalue weighted by Gasteiger charge is -2.37. The Morgan fingerprint density at radius 2 is 1.84 bits per heavy atom. The Bertz CT molecular complexity index is 532. The average Bonchev–Trinajstić information content (AvgIpc) is 2.61. The summed E-state index contributed by atoms with van der Waals surface area (Å²) in [4.78, 5) is 12.9. The van der Waals surface area contributed by atoms with E-state index in [1.54, 1.807) is 7.11 Å². The minimum atomic E-state index is -0.387. The van der Waals surface area contributed by atoms with E-state index in [0.717, 1.165) is 32.4 Å². The molecular formula is C20H33ClN2O2. The fourth-order valence-electron chi connectivity index (χ4n) is 3.40. The van der Waals surface area contributed by atoms with E-state index in [2.05, 4.69) is 55.7 Å². The van der Waals surface area contributed by atoms with Crippen molar-refractivity contribution in [3.05, 3.63) is 35.4 Å². The van der Waals surface area contributed by atoms with Crippen LogP contribution < -0.4 is 10.6 Å². The first-order valence-electron chi connectivity index (χ1n) is 9.01. The van der Waals surface area contributed by atoms with E-state index < -0.39 is 0 Å². The number of hydrogen-bond acceptors (Lipinski definition) is 3. The number of aryl methyl sites for hydroxylation is 1. The second kappa shape index (κ2) is 9.56. The van der Waals surface area contributed by atoms with Crippen LogP contribution in [0.4, 0.5) is 0 Å². The van der Waals surface area contributed by atoms with Crippen molar-refractivity contribution in [2.24, 2.45) is 5.41 Å². The summed E-state index contributed by atoms with van der Waals surface area (Å²) in [7, 11) is 1.68. The van der Waals surface area contributed by atoms with Gasteiger partial charge in [0, 0.05) is 19.1 Å². The summed E-state index contributed by atoms with van der Waals surface area (Å²) in [5, 5.41) is 6.52. The lowest BCUT2D eigenvalue weighted by atomic mass is 9.78. The van der Waals surface area contributed by atoms with Crippen LogP contribution in [-0.4, -0.2) is 39.3 Å². The van der Waals surface area contributed by atoms with E-state index in [9.17, 15) is 4.79 Å². The van der Waals surface area contributed by atoms with Crippen molar-refractivity contribution in [1.82, 2.24) is 10.6 Å². The van der Waals surface area contributed by atoms with E-state index in [0.29, 0.717) is 13.2 Å². The number of carbonyl (C=O) groups is 1. The zero-order valence-electron chi connectivity index (χ0n) is 16.0. The third-order valence-corrected chi connectivity index (χ3v) is 5.30. The Labute approximate surface area is 158 Å². The molecule has 1 amide bonds. The molecule has 0 saturated carbocycles. The van der Waals surface area contributed by atoms with Crippen LogP contribution in [-0.2, 0) is 21.4 Å². The van der Waals surface area contributed by atoms with E-state index in [4.69, 9.17) is 4.74 Å². The minimum absolute atomic E-state index is 0. The number of rotatable bonds is 7. The normalized spacial score (nSPS) is 16.8. The minimum Gasteiger partial charge on any atom is -0.384 e. The predicted octanol–water partition coefficient (Wildman–Crippen LogP) is 3.08. The van der Waals surface area contributed by atoms with Gasteiger partial charge in [-0.05, 0) is 43.5 Å². The standard InChI is InChI=1S/C20H32N2O2.ClH/c1-5-16-6-8-17(9-7-16)19(2,3)14-22-18(23)20(15-24-4)10-12-21-13-11-20;/h6-9,21H,5,10-15H2,1-4H3,(H,22,23);1H. The van der Waals surface area contributed by atoms with Crippen LogP contribution in [0.1, 0.15) is 44.7 Å². The van der Waals surface area contributed by atoms with Gasteiger partial charge in [-0.25, -0.2) is 0 Å². The quantitative estimate of drug-likeness (QED) is 0.777. The molecule has 0 unspecified atom stereocenters. The van der Waals surface area contributed by atoms with Gasteiger partial charge in [-0.2, -0.15) is 0 Å². The fourth-order valence-corrected chi connectivity index (χ4v) is 3.40. The summed E-state index contributed by atoms with van der Waals surface area (Å²) in [6.45, 7) is 9.40. The van der Waals surface area contributed by atoms with Gasteiger partial charge < -0.3 is 15.4 Å². The van der Waals surface area contributed by atoms with Gasteiger partial charge in [0.05, 0.1) is 12.0 Å². The summed E-state index contributed by atoms with van der Waals surface area (Å²) in [6, 6.07) is 8.72. The Balaban J connectivity index is 0.00000312. The molecule has 1 aromatic carbocycles. The highest BCUT2D eigenvalue weighted by atomic mass is 35.5. The van der Waals surface area contributed by atoms with Crippen molar-refractivity contribution in [1.29, 1.82) is 0 Å². The van der Waals surface area contributed by atoms with E-state index in [1.807, 2.05) is 0 Å². The number of nitrogens with one attached hydrogen (secondary N) is 2. The second-order valence-electron chi connectivity index (χ2n) is 7.58. The molecule has 1 fully saturated rings. The molecule has 2 N–H and O–H groups in total. The molecule has 4 nitrogen and oxygen atoms in total.